The van der Waals surface area contributed by atoms with Gasteiger partial charge in [-0.2, -0.15) is 0 Å². The van der Waals surface area contributed by atoms with E-state index in [1.807, 2.05) is 52.8 Å². The number of nitrogens with one attached hydrogen (secondary N) is 1. The Morgan fingerprint density at radius 1 is 1.24 bits per heavy atom. The molecule has 1 unspecified atom stereocenters. The zero-order valence-electron chi connectivity index (χ0n) is 13.8. The molecule has 0 radical (unpaired) electrons. The summed E-state index contributed by atoms with van der Waals surface area (Å²) in [6.45, 7) is 10.9. The second kappa shape index (κ2) is 8.03. The van der Waals surface area contributed by atoms with Crippen LogP contribution in [0.3, 0.4) is 0 Å². The standard InChI is InChI=1S/C17H27NO3/c1-6-11-17(5,21-8-3)16(19)18-14-9-10-15(20-7-2)13(4)12-14/h9-10,12H,6-8,11H2,1-5H3,(H,18,19). The van der Waals surface area contributed by atoms with Crippen molar-refractivity contribution in [1.82, 2.24) is 0 Å². The van der Waals surface area contributed by atoms with Crippen LogP contribution in [0.5, 0.6) is 5.75 Å². The Kier molecular flexibility index (Phi) is 6.69. The van der Waals surface area contributed by atoms with Crippen LogP contribution in [0, 0.1) is 6.92 Å². The summed E-state index contributed by atoms with van der Waals surface area (Å²) in [5, 5.41) is 2.94. The van der Waals surface area contributed by atoms with E-state index in [0.717, 1.165) is 23.4 Å². The number of anilines is 1. The summed E-state index contributed by atoms with van der Waals surface area (Å²) >= 11 is 0. The molecule has 0 heterocycles. The second-order valence-corrected chi connectivity index (χ2v) is 5.28. The monoisotopic (exact) mass is 293 g/mol. The Labute approximate surface area is 127 Å². The molecule has 0 saturated heterocycles. The average Bonchev–Trinajstić information content (AvgIpc) is 2.42. The average molecular weight is 293 g/mol. The van der Waals surface area contributed by atoms with Crippen molar-refractivity contribution in [2.75, 3.05) is 18.5 Å². The minimum atomic E-state index is -0.782. The molecular formula is C17H27NO3. The van der Waals surface area contributed by atoms with E-state index in [-0.39, 0.29) is 5.91 Å². The van der Waals surface area contributed by atoms with Crippen LogP contribution in [-0.4, -0.2) is 24.7 Å². The quantitative estimate of drug-likeness (QED) is 0.790. The Balaban J connectivity index is 2.84. The van der Waals surface area contributed by atoms with Gasteiger partial charge in [0.25, 0.3) is 5.91 Å². The van der Waals surface area contributed by atoms with Gasteiger partial charge >= 0.3 is 0 Å². The van der Waals surface area contributed by atoms with Gasteiger partial charge < -0.3 is 14.8 Å². The summed E-state index contributed by atoms with van der Waals surface area (Å²) in [6.07, 6.45) is 1.59. The second-order valence-electron chi connectivity index (χ2n) is 5.28. The minimum Gasteiger partial charge on any atom is -0.494 e. The van der Waals surface area contributed by atoms with Crippen LogP contribution in [0.4, 0.5) is 5.69 Å². The van der Waals surface area contributed by atoms with E-state index in [1.165, 1.54) is 0 Å². The van der Waals surface area contributed by atoms with Crippen molar-refractivity contribution in [3.8, 4) is 5.75 Å². The predicted octanol–water partition coefficient (Wildman–Crippen LogP) is 3.93. The highest BCUT2D eigenvalue weighted by atomic mass is 16.5. The van der Waals surface area contributed by atoms with Gasteiger partial charge in [-0.1, -0.05) is 13.3 Å². The SMILES string of the molecule is CCCC(C)(OCC)C(=O)Nc1ccc(OCC)c(C)c1. The number of amides is 1. The number of carbonyl (C=O) groups excluding carboxylic acids is 1. The Morgan fingerprint density at radius 2 is 1.95 bits per heavy atom. The van der Waals surface area contributed by atoms with Gasteiger partial charge in [0.05, 0.1) is 6.61 Å². The van der Waals surface area contributed by atoms with Crippen molar-refractivity contribution in [3.05, 3.63) is 23.8 Å². The fourth-order valence-electron chi connectivity index (χ4n) is 2.35. The summed E-state index contributed by atoms with van der Waals surface area (Å²) in [5.74, 6) is 0.742. The van der Waals surface area contributed by atoms with E-state index < -0.39 is 5.60 Å². The number of ether oxygens (including phenoxy) is 2. The first-order valence-electron chi connectivity index (χ1n) is 7.65. The first-order chi connectivity index (χ1) is 9.96. The van der Waals surface area contributed by atoms with E-state index in [1.54, 1.807) is 0 Å². The van der Waals surface area contributed by atoms with Gasteiger partial charge in [0.2, 0.25) is 0 Å². The van der Waals surface area contributed by atoms with Gasteiger partial charge in [0, 0.05) is 12.3 Å². The third-order valence-electron chi connectivity index (χ3n) is 3.40. The van der Waals surface area contributed by atoms with Crippen molar-refractivity contribution in [2.45, 2.75) is 53.1 Å². The first-order valence-corrected chi connectivity index (χ1v) is 7.65. The summed E-state index contributed by atoms with van der Waals surface area (Å²) < 4.78 is 11.2. The summed E-state index contributed by atoms with van der Waals surface area (Å²) in [5.41, 5.74) is 0.988. The van der Waals surface area contributed by atoms with E-state index in [9.17, 15) is 4.79 Å². The van der Waals surface area contributed by atoms with Gasteiger partial charge in [-0.05, 0) is 57.9 Å². The summed E-state index contributed by atoms with van der Waals surface area (Å²) in [4.78, 5) is 12.5. The highest BCUT2D eigenvalue weighted by molar-refractivity contribution is 5.97. The number of benzene rings is 1. The molecule has 4 heteroatoms. The molecule has 1 N–H and O–H groups in total. The molecule has 0 saturated carbocycles. The van der Waals surface area contributed by atoms with Crippen LogP contribution < -0.4 is 10.1 Å². The largest absolute Gasteiger partial charge is 0.494 e. The number of carbonyl (C=O) groups is 1. The fourth-order valence-corrected chi connectivity index (χ4v) is 2.35. The third-order valence-corrected chi connectivity index (χ3v) is 3.40. The topological polar surface area (TPSA) is 47.6 Å². The molecule has 1 aromatic carbocycles. The van der Waals surface area contributed by atoms with Crippen molar-refractivity contribution < 1.29 is 14.3 Å². The van der Waals surface area contributed by atoms with E-state index in [4.69, 9.17) is 9.47 Å². The molecule has 0 aliphatic carbocycles. The molecule has 0 aliphatic heterocycles. The highest BCUT2D eigenvalue weighted by Crippen LogP contribution is 2.24. The zero-order valence-corrected chi connectivity index (χ0v) is 13.8. The minimum absolute atomic E-state index is 0.102. The molecule has 1 aromatic rings. The van der Waals surface area contributed by atoms with Crippen LogP contribution in [-0.2, 0) is 9.53 Å². The molecule has 0 aliphatic rings. The molecular weight excluding hydrogens is 266 g/mol. The molecule has 4 nitrogen and oxygen atoms in total. The van der Waals surface area contributed by atoms with Gasteiger partial charge in [-0.25, -0.2) is 0 Å². The van der Waals surface area contributed by atoms with Crippen LogP contribution in [0.25, 0.3) is 0 Å². The smallest absolute Gasteiger partial charge is 0.256 e. The molecule has 1 atom stereocenters. The number of rotatable bonds is 8. The number of hydrogen-bond acceptors (Lipinski definition) is 3. The normalized spacial score (nSPS) is 13.6. The number of hydrogen-bond donors (Lipinski definition) is 1. The number of aryl methyl sites for hydroxylation is 1. The Bertz CT molecular complexity index is 465. The first kappa shape index (κ1) is 17.5. The van der Waals surface area contributed by atoms with Crippen molar-refractivity contribution in [2.24, 2.45) is 0 Å². The lowest BCUT2D eigenvalue weighted by Gasteiger charge is -2.28. The van der Waals surface area contributed by atoms with Crippen molar-refractivity contribution in [1.29, 1.82) is 0 Å². The van der Waals surface area contributed by atoms with Crippen molar-refractivity contribution in [3.63, 3.8) is 0 Å². The Morgan fingerprint density at radius 3 is 2.48 bits per heavy atom. The van der Waals surface area contributed by atoms with Gasteiger partial charge in [0.1, 0.15) is 11.4 Å². The van der Waals surface area contributed by atoms with Gasteiger partial charge in [-0.15, -0.1) is 0 Å². The summed E-state index contributed by atoms with van der Waals surface area (Å²) in [6, 6.07) is 5.65. The third kappa shape index (κ3) is 4.74. The molecule has 118 valence electrons. The molecule has 1 rings (SSSR count). The summed E-state index contributed by atoms with van der Waals surface area (Å²) in [7, 11) is 0. The van der Waals surface area contributed by atoms with E-state index >= 15 is 0 Å². The van der Waals surface area contributed by atoms with E-state index in [2.05, 4.69) is 5.32 Å². The van der Waals surface area contributed by atoms with Crippen LogP contribution in [0.15, 0.2) is 18.2 Å². The zero-order chi connectivity index (χ0) is 15.9. The molecule has 0 bridgehead atoms. The lowest BCUT2D eigenvalue weighted by molar-refractivity contribution is -0.139. The fraction of sp³-hybridized carbons (Fsp3) is 0.588. The van der Waals surface area contributed by atoms with Gasteiger partial charge in [-0.3, -0.25) is 4.79 Å². The molecule has 1 amide bonds. The lowest BCUT2D eigenvalue weighted by Crippen LogP contribution is -2.42. The lowest BCUT2D eigenvalue weighted by atomic mass is 9.99. The Hall–Kier alpha value is -1.55. The van der Waals surface area contributed by atoms with Crippen LogP contribution in [0.2, 0.25) is 0 Å². The maximum Gasteiger partial charge on any atom is 0.256 e. The predicted molar refractivity (Wildman–Crippen MR) is 85.9 cm³/mol. The molecule has 0 aromatic heterocycles. The van der Waals surface area contributed by atoms with Crippen LogP contribution >= 0.6 is 0 Å². The maximum absolute atomic E-state index is 12.5. The molecule has 0 spiro atoms. The molecule has 21 heavy (non-hydrogen) atoms. The van der Waals surface area contributed by atoms with Crippen molar-refractivity contribution >= 4 is 11.6 Å². The molecule has 0 fully saturated rings. The highest BCUT2D eigenvalue weighted by Gasteiger charge is 2.32. The van der Waals surface area contributed by atoms with Crippen LogP contribution in [0.1, 0.15) is 46.1 Å². The van der Waals surface area contributed by atoms with Gasteiger partial charge in [0.15, 0.2) is 0 Å². The maximum atomic E-state index is 12.5. The van der Waals surface area contributed by atoms with E-state index in [0.29, 0.717) is 19.6 Å².